The fraction of sp³-hybridized carbons (Fsp3) is 0.588. The van der Waals surface area contributed by atoms with E-state index in [1.54, 1.807) is 0 Å². The normalized spacial score (nSPS) is 18.0. The second-order valence-corrected chi connectivity index (χ2v) is 6.00. The van der Waals surface area contributed by atoms with Gasteiger partial charge in [0, 0.05) is 25.7 Å². The number of nitrogens with zero attached hydrogens (tertiary/aromatic N) is 3. The highest BCUT2D eigenvalue weighted by atomic mass is 15.3. The molecule has 1 fully saturated rings. The molecule has 0 aliphatic carbocycles. The molecular weight excluding hydrogens is 260 g/mol. The van der Waals surface area contributed by atoms with Crippen LogP contribution < -0.4 is 5.73 Å². The maximum atomic E-state index is 6.11. The van der Waals surface area contributed by atoms with Crippen molar-refractivity contribution < 1.29 is 0 Å². The zero-order chi connectivity index (χ0) is 15.1. The molecule has 0 spiro atoms. The van der Waals surface area contributed by atoms with Crippen LogP contribution in [0.25, 0.3) is 0 Å². The molecule has 0 radical (unpaired) electrons. The van der Waals surface area contributed by atoms with E-state index in [-0.39, 0.29) is 0 Å². The predicted octanol–water partition coefficient (Wildman–Crippen LogP) is 2.31. The fourth-order valence-electron chi connectivity index (χ4n) is 2.62. The Kier molecular flexibility index (Phi) is 6.05. The Balaban J connectivity index is 1.81. The molecule has 1 unspecified atom stereocenters. The van der Waals surface area contributed by atoms with Crippen molar-refractivity contribution in [1.82, 2.24) is 9.80 Å². The lowest BCUT2D eigenvalue weighted by Gasteiger charge is -2.28. The SMILES string of the molecule is CC(CN=C(N)N1CCCCC1)N(C)Cc1ccccc1. The van der Waals surface area contributed by atoms with Crippen LogP contribution in [0.15, 0.2) is 35.3 Å². The Morgan fingerprint density at radius 2 is 1.90 bits per heavy atom. The van der Waals surface area contributed by atoms with Crippen molar-refractivity contribution in [3.05, 3.63) is 35.9 Å². The number of piperidine rings is 1. The molecule has 0 saturated carbocycles. The lowest BCUT2D eigenvalue weighted by atomic mass is 10.1. The van der Waals surface area contributed by atoms with Gasteiger partial charge in [-0.05, 0) is 38.8 Å². The molecule has 116 valence electrons. The van der Waals surface area contributed by atoms with Crippen molar-refractivity contribution in [3.8, 4) is 0 Å². The van der Waals surface area contributed by atoms with E-state index < -0.39 is 0 Å². The highest BCUT2D eigenvalue weighted by Gasteiger charge is 2.13. The van der Waals surface area contributed by atoms with Crippen LogP contribution in [-0.4, -0.2) is 48.5 Å². The predicted molar refractivity (Wildman–Crippen MR) is 89.3 cm³/mol. The van der Waals surface area contributed by atoms with Crippen LogP contribution in [-0.2, 0) is 6.54 Å². The van der Waals surface area contributed by atoms with Gasteiger partial charge in [-0.3, -0.25) is 9.89 Å². The molecule has 1 atom stereocenters. The second-order valence-electron chi connectivity index (χ2n) is 6.00. The van der Waals surface area contributed by atoms with Gasteiger partial charge in [-0.1, -0.05) is 30.3 Å². The first-order chi connectivity index (χ1) is 10.2. The van der Waals surface area contributed by atoms with Gasteiger partial charge in [0.25, 0.3) is 0 Å². The summed E-state index contributed by atoms with van der Waals surface area (Å²) in [6.45, 7) is 6.02. The third-order valence-corrected chi connectivity index (χ3v) is 4.22. The van der Waals surface area contributed by atoms with Gasteiger partial charge in [-0.15, -0.1) is 0 Å². The van der Waals surface area contributed by atoms with E-state index in [4.69, 9.17) is 5.73 Å². The highest BCUT2D eigenvalue weighted by molar-refractivity contribution is 5.78. The number of hydrogen-bond acceptors (Lipinski definition) is 2. The maximum absolute atomic E-state index is 6.11. The van der Waals surface area contributed by atoms with Crippen molar-refractivity contribution >= 4 is 5.96 Å². The summed E-state index contributed by atoms with van der Waals surface area (Å²) in [4.78, 5) is 9.13. The summed E-state index contributed by atoms with van der Waals surface area (Å²) in [5.74, 6) is 0.717. The van der Waals surface area contributed by atoms with Crippen LogP contribution >= 0.6 is 0 Å². The van der Waals surface area contributed by atoms with E-state index in [2.05, 4.69) is 59.1 Å². The third-order valence-electron chi connectivity index (χ3n) is 4.22. The summed E-state index contributed by atoms with van der Waals surface area (Å²) in [5.41, 5.74) is 7.44. The van der Waals surface area contributed by atoms with Gasteiger partial charge in [-0.25, -0.2) is 0 Å². The molecule has 1 aliphatic heterocycles. The molecule has 1 aromatic rings. The van der Waals surface area contributed by atoms with Gasteiger partial charge in [0.15, 0.2) is 5.96 Å². The molecular formula is C17H28N4. The Labute approximate surface area is 128 Å². The molecule has 21 heavy (non-hydrogen) atoms. The number of likely N-dealkylation sites (tertiary alicyclic amines) is 1. The van der Waals surface area contributed by atoms with Crippen LogP contribution in [0.5, 0.6) is 0 Å². The van der Waals surface area contributed by atoms with Gasteiger partial charge in [0.2, 0.25) is 0 Å². The maximum Gasteiger partial charge on any atom is 0.191 e. The molecule has 0 bridgehead atoms. The Morgan fingerprint density at radius 1 is 1.24 bits per heavy atom. The Morgan fingerprint density at radius 3 is 2.57 bits per heavy atom. The average molecular weight is 288 g/mol. The topological polar surface area (TPSA) is 44.9 Å². The molecule has 1 saturated heterocycles. The number of rotatable bonds is 5. The molecule has 0 aromatic heterocycles. The lowest BCUT2D eigenvalue weighted by molar-refractivity contribution is 0.254. The summed E-state index contributed by atoms with van der Waals surface area (Å²) in [5, 5.41) is 0. The van der Waals surface area contributed by atoms with E-state index >= 15 is 0 Å². The smallest absolute Gasteiger partial charge is 0.191 e. The number of guanidine groups is 1. The standard InChI is InChI=1S/C17H28N4/c1-15(20(2)14-16-9-5-3-6-10-16)13-19-17(18)21-11-7-4-8-12-21/h3,5-6,9-10,15H,4,7-8,11-14H2,1-2H3,(H2,18,19). The summed E-state index contributed by atoms with van der Waals surface area (Å²) in [7, 11) is 2.14. The Bertz CT molecular complexity index is 437. The highest BCUT2D eigenvalue weighted by Crippen LogP contribution is 2.09. The van der Waals surface area contributed by atoms with Gasteiger partial charge >= 0.3 is 0 Å². The zero-order valence-corrected chi connectivity index (χ0v) is 13.3. The van der Waals surface area contributed by atoms with Gasteiger partial charge in [0.1, 0.15) is 0 Å². The summed E-state index contributed by atoms with van der Waals surface area (Å²) >= 11 is 0. The zero-order valence-electron chi connectivity index (χ0n) is 13.3. The summed E-state index contributed by atoms with van der Waals surface area (Å²) in [6.07, 6.45) is 3.79. The number of likely N-dealkylation sites (N-methyl/N-ethyl adjacent to an activating group) is 1. The van der Waals surface area contributed by atoms with Crippen molar-refractivity contribution in [2.75, 3.05) is 26.7 Å². The Hall–Kier alpha value is -1.55. The van der Waals surface area contributed by atoms with Crippen molar-refractivity contribution in [3.63, 3.8) is 0 Å². The first-order valence-electron chi connectivity index (χ1n) is 7.96. The summed E-state index contributed by atoms with van der Waals surface area (Å²) < 4.78 is 0. The third kappa shape index (κ3) is 5.05. The molecule has 1 heterocycles. The molecule has 1 aliphatic rings. The lowest BCUT2D eigenvalue weighted by Crippen LogP contribution is -2.41. The monoisotopic (exact) mass is 288 g/mol. The quantitative estimate of drug-likeness (QED) is 0.668. The molecule has 1 aromatic carbocycles. The van der Waals surface area contributed by atoms with Crippen molar-refractivity contribution in [2.45, 2.75) is 38.8 Å². The average Bonchev–Trinajstić information content (AvgIpc) is 2.54. The minimum atomic E-state index is 0.383. The number of aliphatic imine (C=N–C) groups is 1. The molecule has 2 N–H and O–H groups in total. The van der Waals surface area contributed by atoms with Crippen molar-refractivity contribution in [1.29, 1.82) is 0 Å². The van der Waals surface area contributed by atoms with Crippen molar-refractivity contribution in [2.24, 2.45) is 10.7 Å². The van der Waals surface area contributed by atoms with Crippen LogP contribution in [0.1, 0.15) is 31.7 Å². The van der Waals surface area contributed by atoms with Gasteiger partial charge in [0.05, 0.1) is 6.54 Å². The summed E-state index contributed by atoms with van der Waals surface area (Å²) in [6, 6.07) is 10.9. The first kappa shape index (κ1) is 15.8. The minimum absolute atomic E-state index is 0.383. The van der Waals surface area contributed by atoms with E-state index in [0.717, 1.165) is 32.1 Å². The number of benzene rings is 1. The molecule has 4 heteroatoms. The van der Waals surface area contributed by atoms with Crippen LogP contribution in [0.3, 0.4) is 0 Å². The number of nitrogens with two attached hydrogens (primary N) is 1. The van der Waals surface area contributed by atoms with Gasteiger partial charge in [-0.2, -0.15) is 0 Å². The van der Waals surface area contributed by atoms with Gasteiger partial charge < -0.3 is 10.6 Å². The van der Waals surface area contributed by atoms with E-state index in [0.29, 0.717) is 6.04 Å². The molecule has 2 rings (SSSR count). The molecule has 4 nitrogen and oxygen atoms in total. The van der Waals surface area contributed by atoms with E-state index in [1.807, 2.05) is 0 Å². The molecule has 0 amide bonds. The first-order valence-corrected chi connectivity index (χ1v) is 7.96. The van der Waals surface area contributed by atoms with Crippen LogP contribution in [0, 0.1) is 0 Å². The van der Waals surface area contributed by atoms with Crippen LogP contribution in [0.2, 0.25) is 0 Å². The van der Waals surface area contributed by atoms with E-state index in [1.165, 1.54) is 24.8 Å². The number of hydrogen-bond donors (Lipinski definition) is 1. The largest absolute Gasteiger partial charge is 0.370 e. The van der Waals surface area contributed by atoms with Crippen LogP contribution in [0.4, 0.5) is 0 Å². The van der Waals surface area contributed by atoms with E-state index in [9.17, 15) is 0 Å². The fourth-order valence-corrected chi connectivity index (χ4v) is 2.62. The minimum Gasteiger partial charge on any atom is -0.370 e. The second kappa shape index (κ2) is 8.03.